The van der Waals surface area contributed by atoms with Gasteiger partial charge in [-0.2, -0.15) is 0 Å². The third-order valence-corrected chi connectivity index (χ3v) is 4.93. The van der Waals surface area contributed by atoms with Crippen molar-refractivity contribution < 1.29 is 4.79 Å². The Hall–Kier alpha value is -1.35. The molecule has 2 N–H and O–H groups in total. The molecule has 3 rings (SSSR count). The van der Waals surface area contributed by atoms with Crippen LogP contribution >= 0.6 is 0 Å². The molecule has 0 radical (unpaired) electrons. The molecular formula is C17H24N2O. The number of rotatable bonds is 3. The Morgan fingerprint density at radius 3 is 2.45 bits per heavy atom. The molecule has 0 unspecified atom stereocenters. The van der Waals surface area contributed by atoms with Gasteiger partial charge in [0.15, 0.2) is 0 Å². The predicted molar refractivity (Wildman–Crippen MR) is 80.6 cm³/mol. The number of carbonyl (C=O) groups is 1. The molecule has 0 spiro atoms. The van der Waals surface area contributed by atoms with Crippen LogP contribution in [0.2, 0.25) is 0 Å². The molecule has 0 atom stereocenters. The fourth-order valence-electron chi connectivity index (χ4n) is 3.60. The Morgan fingerprint density at radius 2 is 1.85 bits per heavy atom. The zero-order valence-corrected chi connectivity index (χ0v) is 12.2. The van der Waals surface area contributed by atoms with E-state index in [1.165, 1.54) is 5.56 Å². The molecule has 1 amide bonds. The average Bonchev–Trinajstić information content (AvgIpc) is 2.47. The van der Waals surface area contributed by atoms with Crippen LogP contribution in [0.1, 0.15) is 38.2 Å². The predicted octanol–water partition coefficient (Wildman–Crippen LogP) is 2.22. The molecule has 1 aromatic rings. The van der Waals surface area contributed by atoms with Crippen molar-refractivity contribution in [3.8, 4) is 0 Å². The van der Waals surface area contributed by atoms with Gasteiger partial charge < -0.3 is 10.6 Å². The summed E-state index contributed by atoms with van der Waals surface area (Å²) in [5.74, 6) is 1.00. The van der Waals surface area contributed by atoms with Gasteiger partial charge in [-0.3, -0.25) is 4.79 Å². The van der Waals surface area contributed by atoms with Crippen LogP contribution in [-0.4, -0.2) is 25.0 Å². The van der Waals surface area contributed by atoms with Gasteiger partial charge in [-0.1, -0.05) is 37.3 Å². The van der Waals surface area contributed by atoms with E-state index in [2.05, 4.69) is 29.7 Å². The molecule has 1 aliphatic heterocycles. The third-order valence-electron chi connectivity index (χ3n) is 4.93. The van der Waals surface area contributed by atoms with E-state index in [4.69, 9.17) is 0 Å². The standard InChI is InChI=1S/C17H24N2O/c1-13-11-15(12-13)19-16(20)17(7-9-18-10-8-17)14-5-3-2-4-6-14/h2-6,13,15,18H,7-12H2,1H3,(H,19,20). The SMILES string of the molecule is CC1CC(NC(=O)C2(c3ccccc3)CCNCC2)C1. The van der Waals surface area contributed by atoms with Gasteiger partial charge in [0.25, 0.3) is 0 Å². The van der Waals surface area contributed by atoms with E-state index in [1.807, 2.05) is 18.2 Å². The number of hydrogen-bond acceptors (Lipinski definition) is 2. The van der Waals surface area contributed by atoms with E-state index in [1.54, 1.807) is 0 Å². The minimum absolute atomic E-state index is 0.238. The second-order valence-electron chi connectivity index (χ2n) is 6.45. The van der Waals surface area contributed by atoms with Crippen LogP contribution in [0.4, 0.5) is 0 Å². The van der Waals surface area contributed by atoms with Crippen LogP contribution in [-0.2, 0) is 10.2 Å². The summed E-state index contributed by atoms with van der Waals surface area (Å²) < 4.78 is 0. The van der Waals surface area contributed by atoms with Crippen LogP contribution in [0.15, 0.2) is 30.3 Å². The van der Waals surface area contributed by atoms with Crippen molar-refractivity contribution in [3.63, 3.8) is 0 Å². The molecule has 1 saturated heterocycles. The summed E-state index contributed by atoms with van der Waals surface area (Å²) in [5.41, 5.74) is 0.845. The molecule has 108 valence electrons. The number of piperidine rings is 1. The van der Waals surface area contributed by atoms with Crippen LogP contribution < -0.4 is 10.6 Å². The molecule has 1 heterocycles. The molecule has 20 heavy (non-hydrogen) atoms. The van der Waals surface area contributed by atoms with Crippen LogP contribution in [0.5, 0.6) is 0 Å². The molecule has 3 heteroatoms. The van der Waals surface area contributed by atoms with E-state index in [-0.39, 0.29) is 11.3 Å². The highest BCUT2D eigenvalue weighted by atomic mass is 16.2. The zero-order valence-electron chi connectivity index (χ0n) is 12.2. The van der Waals surface area contributed by atoms with Crippen LogP contribution in [0, 0.1) is 5.92 Å². The average molecular weight is 272 g/mol. The summed E-state index contributed by atoms with van der Waals surface area (Å²) in [6.07, 6.45) is 4.06. The summed E-state index contributed by atoms with van der Waals surface area (Å²) >= 11 is 0. The van der Waals surface area contributed by atoms with Crippen LogP contribution in [0.25, 0.3) is 0 Å². The zero-order chi connectivity index (χ0) is 14.0. The lowest BCUT2D eigenvalue weighted by Gasteiger charge is -2.41. The Kier molecular flexibility index (Phi) is 3.79. The van der Waals surface area contributed by atoms with Gasteiger partial charge in [-0.05, 0) is 50.3 Å². The van der Waals surface area contributed by atoms with E-state index in [0.29, 0.717) is 6.04 Å². The third kappa shape index (κ3) is 2.47. The first kappa shape index (κ1) is 13.6. The fourth-order valence-corrected chi connectivity index (χ4v) is 3.60. The van der Waals surface area contributed by atoms with Crippen molar-refractivity contribution >= 4 is 5.91 Å². The molecule has 1 aromatic carbocycles. The smallest absolute Gasteiger partial charge is 0.230 e. The topological polar surface area (TPSA) is 41.1 Å². The Labute approximate surface area is 121 Å². The van der Waals surface area contributed by atoms with E-state index in [9.17, 15) is 4.79 Å². The Balaban J connectivity index is 1.80. The van der Waals surface area contributed by atoms with Crippen molar-refractivity contribution in [2.45, 2.75) is 44.1 Å². The number of nitrogens with one attached hydrogen (secondary N) is 2. The van der Waals surface area contributed by atoms with Gasteiger partial charge >= 0.3 is 0 Å². The van der Waals surface area contributed by atoms with Gasteiger partial charge in [0.2, 0.25) is 5.91 Å². The molecule has 3 nitrogen and oxygen atoms in total. The monoisotopic (exact) mass is 272 g/mol. The highest BCUT2D eigenvalue weighted by Gasteiger charge is 2.42. The van der Waals surface area contributed by atoms with E-state index in [0.717, 1.165) is 44.7 Å². The first-order chi connectivity index (χ1) is 9.71. The minimum atomic E-state index is -0.328. The molecule has 1 saturated carbocycles. The molecule has 0 aromatic heterocycles. The first-order valence-electron chi connectivity index (χ1n) is 7.78. The van der Waals surface area contributed by atoms with Crippen molar-refractivity contribution in [3.05, 3.63) is 35.9 Å². The van der Waals surface area contributed by atoms with Gasteiger partial charge in [-0.15, -0.1) is 0 Å². The van der Waals surface area contributed by atoms with Crippen molar-refractivity contribution in [1.29, 1.82) is 0 Å². The summed E-state index contributed by atoms with van der Waals surface area (Å²) in [4.78, 5) is 12.9. The molecule has 2 fully saturated rings. The molecule has 0 bridgehead atoms. The summed E-state index contributed by atoms with van der Waals surface area (Å²) in [6.45, 7) is 4.09. The van der Waals surface area contributed by atoms with Gasteiger partial charge in [0, 0.05) is 6.04 Å². The van der Waals surface area contributed by atoms with Gasteiger partial charge in [-0.25, -0.2) is 0 Å². The van der Waals surface area contributed by atoms with Crippen LogP contribution in [0.3, 0.4) is 0 Å². The van der Waals surface area contributed by atoms with Crippen molar-refractivity contribution in [2.75, 3.05) is 13.1 Å². The lowest BCUT2D eigenvalue weighted by molar-refractivity contribution is -0.129. The van der Waals surface area contributed by atoms with Gasteiger partial charge in [0.1, 0.15) is 0 Å². The van der Waals surface area contributed by atoms with Crippen molar-refractivity contribution in [2.24, 2.45) is 5.92 Å². The molecular weight excluding hydrogens is 248 g/mol. The lowest BCUT2D eigenvalue weighted by atomic mass is 9.71. The van der Waals surface area contributed by atoms with Gasteiger partial charge in [0.05, 0.1) is 5.41 Å². The van der Waals surface area contributed by atoms with Crippen molar-refractivity contribution in [1.82, 2.24) is 10.6 Å². The molecule has 2 aliphatic rings. The highest BCUT2D eigenvalue weighted by molar-refractivity contribution is 5.88. The number of hydrogen-bond donors (Lipinski definition) is 2. The largest absolute Gasteiger partial charge is 0.353 e. The maximum atomic E-state index is 12.9. The summed E-state index contributed by atoms with van der Waals surface area (Å²) in [7, 11) is 0. The highest BCUT2D eigenvalue weighted by Crippen LogP contribution is 2.35. The maximum Gasteiger partial charge on any atom is 0.230 e. The quantitative estimate of drug-likeness (QED) is 0.886. The fraction of sp³-hybridized carbons (Fsp3) is 0.588. The Morgan fingerprint density at radius 1 is 1.20 bits per heavy atom. The Bertz CT molecular complexity index is 459. The number of benzene rings is 1. The lowest BCUT2D eigenvalue weighted by Crippen LogP contribution is -2.55. The number of amides is 1. The second kappa shape index (κ2) is 5.57. The number of carbonyl (C=O) groups excluding carboxylic acids is 1. The summed E-state index contributed by atoms with van der Waals surface area (Å²) in [6, 6.07) is 10.7. The van der Waals surface area contributed by atoms with E-state index < -0.39 is 0 Å². The first-order valence-corrected chi connectivity index (χ1v) is 7.78. The maximum absolute atomic E-state index is 12.9. The second-order valence-corrected chi connectivity index (χ2v) is 6.45. The van der Waals surface area contributed by atoms with E-state index >= 15 is 0 Å². The summed E-state index contributed by atoms with van der Waals surface area (Å²) in [5, 5.41) is 6.66. The minimum Gasteiger partial charge on any atom is -0.353 e. The normalized spacial score (nSPS) is 28.4. The molecule has 1 aliphatic carbocycles.